The van der Waals surface area contributed by atoms with Gasteiger partial charge in [0.1, 0.15) is 5.82 Å². The van der Waals surface area contributed by atoms with Gasteiger partial charge in [0.2, 0.25) is 0 Å². The predicted octanol–water partition coefficient (Wildman–Crippen LogP) is 4.22. The van der Waals surface area contributed by atoms with Crippen LogP contribution in [0.3, 0.4) is 0 Å². The number of allylic oxidation sites excluding steroid dienone is 1. The first-order chi connectivity index (χ1) is 15.9. The lowest BCUT2D eigenvalue weighted by molar-refractivity contribution is 0.109. The first-order valence-corrected chi connectivity index (χ1v) is 10.9. The molecule has 0 bridgehead atoms. The van der Waals surface area contributed by atoms with Gasteiger partial charge in [-0.2, -0.15) is 10.2 Å². The normalized spacial score (nSPS) is 13.4. The molecule has 0 saturated heterocycles. The third-order valence-electron chi connectivity index (χ3n) is 6.01. The van der Waals surface area contributed by atoms with Crippen LogP contribution in [0.2, 0.25) is 0 Å². The molecule has 0 spiro atoms. The Bertz CT molecular complexity index is 1350. The van der Waals surface area contributed by atoms with Crippen LogP contribution in [0.5, 0.6) is 0 Å². The highest BCUT2D eigenvalue weighted by Crippen LogP contribution is 2.33. The molecule has 8 nitrogen and oxygen atoms in total. The number of halogens is 2. The third-order valence-corrected chi connectivity index (χ3v) is 6.01. The number of ether oxygens (including phenoxy) is 1. The van der Waals surface area contributed by atoms with E-state index in [1.54, 1.807) is 22.5 Å². The Morgan fingerprint density at radius 1 is 1.21 bits per heavy atom. The number of imidazole rings is 1. The summed E-state index contributed by atoms with van der Waals surface area (Å²) in [5.41, 5.74) is 3.78. The molecule has 0 fully saturated rings. The Labute approximate surface area is 189 Å². The summed E-state index contributed by atoms with van der Waals surface area (Å²) in [6.45, 7) is 4.74. The summed E-state index contributed by atoms with van der Waals surface area (Å²) in [4.78, 5) is 9.30. The van der Waals surface area contributed by atoms with E-state index < -0.39 is 6.43 Å². The maximum Gasteiger partial charge on any atom is 0.264 e. The van der Waals surface area contributed by atoms with Crippen LogP contribution in [0.1, 0.15) is 41.3 Å². The second-order valence-electron chi connectivity index (χ2n) is 8.20. The van der Waals surface area contributed by atoms with Crippen molar-refractivity contribution < 1.29 is 13.5 Å². The average molecular weight is 453 g/mol. The molecule has 0 saturated carbocycles. The SMILES string of the molecule is Cc1nn(CCOCc2cn3c(n2)CCC=C3)c2nc(-c3cnn(C)c3C)cc(C(F)F)c12. The largest absolute Gasteiger partial charge is 0.373 e. The molecule has 5 heterocycles. The molecule has 0 atom stereocenters. The maximum atomic E-state index is 14.0. The average Bonchev–Trinajstić information content (AvgIpc) is 3.46. The van der Waals surface area contributed by atoms with Crippen LogP contribution < -0.4 is 0 Å². The fraction of sp³-hybridized carbons (Fsp3) is 0.391. The molecule has 4 aromatic rings. The van der Waals surface area contributed by atoms with E-state index >= 15 is 0 Å². The van der Waals surface area contributed by atoms with Gasteiger partial charge < -0.3 is 9.30 Å². The molecule has 0 aromatic carbocycles. The molecular formula is C23H25F2N7O. The van der Waals surface area contributed by atoms with E-state index in [0.717, 1.165) is 35.6 Å². The Morgan fingerprint density at radius 2 is 2.06 bits per heavy atom. The standard InChI is InChI=1S/C23H25F2N7O/c1-14-21-17(22(24)25)10-19(18-11-26-30(3)15(18)2)28-23(21)32(29-14)8-9-33-13-16-12-31-7-5-4-6-20(31)27-16/h5,7,10-12,22H,4,6,8-9,13H2,1-3H3. The van der Waals surface area contributed by atoms with Gasteiger partial charge in [0, 0.05) is 42.7 Å². The van der Waals surface area contributed by atoms with E-state index in [9.17, 15) is 8.78 Å². The molecule has 33 heavy (non-hydrogen) atoms. The zero-order valence-corrected chi connectivity index (χ0v) is 18.8. The summed E-state index contributed by atoms with van der Waals surface area (Å²) >= 11 is 0. The minimum absolute atomic E-state index is 0.0698. The zero-order valence-electron chi connectivity index (χ0n) is 18.8. The number of hydrogen-bond donors (Lipinski definition) is 0. The summed E-state index contributed by atoms with van der Waals surface area (Å²) in [6, 6.07) is 1.45. The number of rotatable bonds is 7. The monoisotopic (exact) mass is 453 g/mol. The van der Waals surface area contributed by atoms with Gasteiger partial charge in [-0.3, -0.25) is 4.68 Å². The third kappa shape index (κ3) is 3.95. The van der Waals surface area contributed by atoms with Crippen molar-refractivity contribution in [2.45, 2.75) is 46.3 Å². The number of pyridine rings is 1. The maximum absolute atomic E-state index is 14.0. The van der Waals surface area contributed by atoms with Crippen LogP contribution in [0.15, 0.2) is 24.5 Å². The van der Waals surface area contributed by atoms with E-state index in [4.69, 9.17) is 9.72 Å². The molecular weight excluding hydrogens is 428 g/mol. The zero-order chi connectivity index (χ0) is 23.1. The number of aromatic nitrogens is 7. The Balaban J connectivity index is 1.39. The van der Waals surface area contributed by atoms with Crippen molar-refractivity contribution in [3.8, 4) is 11.3 Å². The van der Waals surface area contributed by atoms with Gasteiger partial charge in [-0.15, -0.1) is 0 Å². The highest BCUT2D eigenvalue weighted by atomic mass is 19.3. The Morgan fingerprint density at radius 3 is 2.79 bits per heavy atom. The number of nitrogens with zero attached hydrogens (tertiary/aromatic N) is 7. The molecule has 5 rings (SSSR count). The van der Waals surface area contributed by atoms with Gasteiger partial charge in [-0.1, -0.05) is 6.08 Å². The second-order valence-corrected chi connectivity index (χ2v) is 8.20. The van der Waals surface area contributed by atoms with Crippen LogP contribution in [0, 0.1) is 13.8 Å². The molecule has 0 N–H and O–H groups in total. The van der Waals surface area contributed by atoms with Crippen molar-refractivity contribution in [2.75, 3.05) is 6.61 Å². The van der Waals surface area contributed by atoms with Crippen molar-refractivity contribution in [2.24, 2.45) is 7.05 Å². The van der Waals surface area contributed by atoms with Gasteiger partial charge in [0.15, 0.2) is 5.65 Å². The smallest absolute Gasteiger partial charge is 0.264 e. The molecule has 0 unspecified atom stereocenters. The van der Waals surface area contributed by atoms with E-state index in [-0.39, 0.29) is 5.56 Å². The van der Waals surface area contributed by atoms with Gasteiger partial charge in [-0.25, -0.2) is 23.4 Å². The lowest BCUT2D eigenvalue weighted by atomic mass is 10.1. The van der Waals surface area contributed by atoms with Crippen molar-refractivity contribution in [1.29, 1.82) is 0 Å². The summed E-state index contributed by atoms with van der Waals surface area (Å²) in [6.07, 6.45) is 7.03. The lowest BCUT2D eigenvalue weighted by Crippen LogP contribution is -2.09. The van der Waals surface area contributed by atoms with Crippen LogP contribution in [0.4, 0.5) is 8.78 Å². The molecule has 0 amide bonds. The Kier molecular flexibility index (Phi) is 5.53. The van der Waals surface area contributed by atoms with Crippen molar-refractivity contribution in [3.63, 3.8) is 0 Å². The number of fused-ring (bicyclic) bond motifs is 2. The van der Waals surface area contributed by atoms with E-state index in [1.165, 1.54) is 6.07 Å². The van der Waals surface area contributed by atoms with E-state index in [0.29, 0.717) is 42.2 Å². The van der Waals surface area contributed by atoms with Crippen LogP contribution >= 0.6 is 0 Å². The summed E-state index contributed by atoms with van der Waals surface area (Å²) in [7, 11) is 1.81. The molecule has 0 aliphatic carbocycles. The minimum atomic E-state index is -2.64. The lowest BCUT2D eigenvalue weighted by Gasteiger charge is -2.09. The molecule has 4 aromatic heterocycles. The quantitative estimate of drug-likeness (QED) is 0.392. The summed E-state index contributed by atoms with van der Waals surface area (Å²) < 4.78 is 39.1. The van der Waals surface area contributed by atoms with Gasteiger partial charge >= 0.3 is 0 Å². The number of hydrogen-bond acceptors (Lipinski definition) is 5. The summed E-state index contributed by atoms with van der Waals surface area (Å²) in [5, 5.41) is 9.10. The van der Waals surface area contributed by atoms with Crippen molar-refractivity contribution >= 4 is 17.2 Å². The van der Waals surface area contributed by atoms with Crippen LogP contribution in [-0.4, -0.2) is 40.7 Å². The number of aryl methyl sites for hydroxylation is 3. The molecule has 1 aliphatic heterocycles. The van der Waals surface area contributed by atoms with Crippen molar-refractivity contribution in [3.05, 3.63) is 53.0 Å². The van der Waals surface area contributed by atoms with Gasteiger partial charge in [0.05, 0.1) is 48.4 Å². The van der Waals surface area contributed by atoms with Gasteiger partial charge in [0.25, 0.3) is 6.43 Å². The highest BCUT2D eigenvalue weighted by Gasteiger charge is 2.22. The number of alkyl halides is 2. The Hall–Kier alpha value is -3.40. The molecule has 10 heteroatoms. The van der Waals surface area contributed by atoms with Crippen LogP contribution in [-0.2, 0) is 31.4 Å². The molecule has 172 valence electrons. The summed E-state index contributed by atoms with van der Waals surface area (Å²) in [5.74, 6) is 1.03. The highest BCUT2D eigenvalue weighted by molar-refractivity contribution is 5.85. The van der Waals surface area contributed by atoms with E-state index in [1.807, 2.05) is 30.9 Å². The predicted molar refractivity (Wildman–Crippen MR) is 120 cm³/mol. The second kappa shape index (κ2) is 8.51. The fourth-order valence-electron chi connectivity index (χ4n) is 4.20. The van der Waals surface area contributed by atoms with Gasteiger partial charge in [-0.05, 0) is 26.3 Å². The van der Waals surface area contributed by atoms with E-state index in [2.05, 4.69) is 21.3 Å². The van der Waals surface area contributed by atoms with Crippen molar-refractivity contribution in [1.82, 2.24) is 34.1 Å². The molecule has 1 aliphatic rings. The topological polar surface area (TPSA) is 75.6 Å². The minimum Gasteiger partial charge on any atom is -0.373 e. The molecule has 0 radical (unpaired) electrons. The first-order valence-electron chi connectivity index (χ1n) is 10.9. The fourth-order valence-corrected chi connectivity index (χ4v) is 4.20. The first kappa shape index (κ1) is 21.4. The van der Waals surface area contributed by atoms with Crippen LogP contribution in [0.25, 0.3) is 28.5 Å².